The summed E-state index contributed by atoms with van der Waals surface area (Å²) in [6, 6.07) is 9.55. The highest BCUT2D eigenvalue weighted by atomic mass is 32.1. The highest BCUT2D eigenvalue weighted by molar-refractivity contribution is 7.08. The second kappa shape index (κ2) is 9.17. The van der Waals surface area contributed by atoms with Crippen LogP contribution in [0.1, 0.15) is 47.4 Å². The van der Waals surface area contributed by atoms with E-state index in [2.05, 4.69) is 42.0 Å². The molecule has 9 heteroatoms. The molecule has 1 aliphatic rings. The second-order valence-corrected chi connectivity index (χ2v) is 8.06. The molecule has 4 rings (SSSR count). The number of hydrogen-bond donors (Lipinski definition) is 2. The Labute approximate surface area is 179 Å². The SMILES string of the molecule is CCCc1nnsc1C(=O)Nc1ccc(Nc2cc(N3CCCC3)nc(C)n2)cc1. The van der Waals surface area contributed by atoms with E-state index >= 15 is 0 Å². The van der Waals surface area contributed by atoms with Gasteiger partial charge in [0.25, 0.3) is 5.91 Å². The molecule has 0 saturated carbocycles. The van der Waals surface area contributed by atoms with E-state index in [-0.39, 0.29) is 5.91 Å². The van der Waals surface area contributed by atoms with Gasteiger partial charge in [0.15, 0.2) is 0 Å². The summed E-state index contributed by atoms with van der Waals surface area (Å²) in [5.74, 6) is 2.30. The van der Waals surface area contributed by atoms with Crippen LogP contribution in [0.15, 0.2) is 30.3 Å². The Morgan fingerprint density at radius 1 is 1.13 bits per heavy atom. The molecule has 0 spiro atoms. The lowest BCUT2D eigenvalue weighted by atomic mass is 10.2. The van der Waals surface area contributed by atoms with Gasteiger partial charge in [-0.15, -0.1) is 5.10 Å². The lowest BCUT2D eigenvalue weighted by molar-refractivity contribution is 0.102. The van der Waals surface area contributed by atoms with Crippen molar-refractivity contribution in [3.8, 4) is 0 Å². The number of hydrogen-bond acceptors (Lipinski definition) is 8. The van der Waals surface area contributed by atoms with E-state index in [1.807, 2.05) is 37.3 Å². The van der Waals surface area contributed by atoms with Gasteiger partial charge in [-0.1, -0.05) is 17.8 Å². The molecule has 1 aliphatic heterocycles. The van der Waals surface area contributed by atoms with E-state index in [1.165, 1.54) is 12.8 Å². The molecule has 0 radical (unpaired) electrons. The number of carbonyl (C=O) groups excluding carboxylic acids is 1. The van der Waals surface area contributed by atoms with Crippen LogP contribution in [-0.2, 0) is 6.42 Å². The van der Waals surface area contributed by atoms with Crippen LogP contribution in [0.25, 0.3) is 0 Å². The van der Waals surface area contributed by atoms with Gasteiger partial charge in [0.1, 0.15) is 22.3 Å². The largest absolute Gasteiger partial charge is 0.356 e. The van der Waals surface area contributed by atoms with Gasteiger partial charge in [0.05, 0.1) is 5.69 Å². The van der Waals surface area contributed by atoms with Crippen molar-refractivity contribution < 1.29 is 4.79 Å². The topological polar surface area (TPSA) is 95.9 Å². The highest BCUT2D eigenvalue weighted by Crippen LogP contribution is 2.24. The molecule has 0 atom stereocenters. The first-order valence-electron chi connectivity index (χ1n) is 10.2. The fourth-order valence-electron chi connectivity index (χ4n) is 3.48. The fraction of sp³-hybridized carbons (Fsp3) is 0.381. The van der Waals surface area contributed by atoms with E-state index in [9.17, 15) is 4.79 Å². The van der Waals surface area contributed by atoms with E-state index in [4.69, 9.17) is 0 Å². The molecule has 1 fully saturated rings. The lowest BCUT2D eigenvalue weighted by Gasteiger charge is -2.18. The molecule has 2 N–H and O–H groups in total. The third-order valence-electron chi connectivity index (χ3n) is 4.92. The third-order valence-corrected chi connectivity index (χ3v) is 5.69. The van der Waals surface area contributed by atoms with Crippen molar-refractivity contribution >= 4 is 40.5 Å². The smallest absolute Gasteiger partial charge is 0.269 e. The van der Waals surface area contributed by atoms with Crippen LogP contribution in [0.2, 0.25) is 0 Å². The van der Waals surface area contributed by atoms with Crippen LogP contribution < -0.4 is 15.5 Å². The summed E-state index contributed by atoms with van der Waals surface area (Å²) in [6.07, 6.45) is 4.08. The number of nitrogens with one attached hydrogen (secondary N) is 2. The highest BCUT2D eigenvalue weighted by Gasteiger charge is 2.17. The zero-order valence-corrected chi connectivity index (χ0v) is 18.0. The number of rotatable bonds is 7. The molecule has 30 heavy (non-hydrogen) atoms. The molecular formula is C21H25N7OS. The van der Waals surface area contributed by atoms with E-state index < -0.39 is 0 Å². The minimum absolute atomic E-state index is 0.171. The average molecular weight is 424 g/mol. The Morgan fingerprint density at radius 2 is 1.87 bits per heavy atom. The van der Waals surface area contributed by atoms with E-state index in [1.54, 1.807) is 0 Å². The second-order valence-electron chi connectivity index (χ2n) is 7.31. The molecule has 156 valence electrons. The summed E-state index contributed by atoms with van der Waals surface area (Å²) < 4.78 is 3.91. The summed E-state index contributed by atoms with van der Waals surface area (Å²) in [5.41, 5.74) is 2.37. The maximum atomic E-state index is 12.5. The number of aromatic nitrogens is 4. The molecule has 0 bridgehead atoms. The predicted molar refractivity (Wildman–Crippen MR) is 120 cm³/mol. The van der Waals surface area contributed by atoms with Crippen molar-refractivity contribution in [2.45, 2.75) is 39.5 Å². The summed E-state index contributed by atoms with van der Waals surface area (Å²) in [6.45, 7) is 6.05. The number of aryl methyl sites for hydroxylation is 2. The molecule has 3 heterocycles. The first-order valence-corrected chi connectivity index (χ1v) is 11.0. The summed E-state index contributed by atoms with van der Waals surface area (Å²) in [7, 11) is 0. The van der Waals surface area contributed by atoms with Gasteiger partial charge in [-0.05, 0) is 62.0 Å². The minimum atomic E-state index is -0.171. The van der Waals surface area contributed by atoms with Gasteiger partial charge in [-0.2, -0.15) is 0 Å². The molecule has 3 aromatic rings. The van der Waals surface area contributed by atoms with Crippen molar-refractivity contribution in [2.24, 2.45) is 0 Å². The first-order chi connectivity index (χ1) is 14.6. The Bertz CT molecular complexity index is 1010. The van der Waals surface area contributed by atoms with Crippen LogP contribution in [-0.4, -0.2) is 38.6 Å². The zero-order chi connectivity index (χ0) is 20.9. The zero-order valence-electron chi connectivity index (χ0n) is 17.2. The van der Waals surface area contributed by atoms with Crippen LogP contribution in [0, 0.1) is 6.92 Å². The quantitative estimate of drug-likeness (QED) is 0.588. The van der Waals surface area contributed by atoms with Gasteiger partial charge in [-0.25, -0.2) is 9.97 Å². The Balaban J connectivity index is 1.42. The van der Waals surface area contributed by atoms with Crippen molar-refractivity contribution in [3.05, 3.63) is 46.7 Å². The van der Waals surface area contributed by atoms with E-state index in [0.717, 1.165) is 72.0 Å². The summed E-state index contributed by atoms with van der Waals surface area (Å²) >= 11 is 1.13. The van der Waals surface area contributed by atoms with Crippen molar-refractivity contribution in [1.29, 1.82) is 0 Å². The molecule has 0 aliphatic carbocycles. The van der Waals surface area contributed by atoms with Crippen LogP contribution in [0.3, 0.4) is 0 Å². The van der Waals surface area contributed by atoms with Crippen LogP contribution in [0.4, 0.5) is 23.0 Å². The Kier molecular flexibility index (Phi) is 6.18. The standard InChI is InChI=1S/C21H25N7OS/c1-3-6-17-20(30-27-26-17)21(29)25-16-9-7-15(8-10-16)24-18-13-19(23-14(2)22-18)28-11-4-5-12-28/h7-10,13H,3-6,11-12H2,1-2H3,(H,25,29)(H,22,23,24). The maximum absolute atomic E-state index is 12.5. The van der Waals surface area contributed by atoms with E-state index in [0.29, 0.717) is 4.88 Å². The molecule has 8 nitrogen and oxygen atoms in total. The molecular weight excluding hydrogens is 398 g/mol. The third kappa shape index (κ3) is 4.73. The first kappa shape index (κ1) is 20.2. The summed E-state index contributed by atoms with van der Waals surface area (Å²) in [4.78, 5) is 24.5. The molecule has 0 unspecified atom stereocenters. The fourth-order valence-corrected chi connectivity index (χ4v) is 4.08. The average Bonchev–Trinajstić information content (AvgIpc) is 3.41. The molecule has 1 saturated heterocycles. The molecule has 2 aromatic heterocycles. The van der Waals surface area contributed by atoms with Gasteiger partial charge in [-0.3, -0.25) is 4.79 Å². The van der Waals surface area contributed by atoms with Gasteiger partial charge in [0.2, 0.25) is 0 Å². The van der Waals surface area contributed by atoms with Crippen LogP contribution in [0.5, 0.6) is 0 Å². The number of nitrogens with zero attached hydrogens (tertiary/aromatic N) is 5. The molecule has 1 amide bonds. The van der Waals surface area contributed by atoms with Crippen molar-refractivity contribution in [3.63, 3.8) is 0 Å². The number of anilines is 4. The molecule has 1 aromatic carbocycles. The van der Waals surface area contributed by atoms with Crippen LogP contribution >= 0.6 is 11.5 Å². The number of carbonyl (C=O) groups is 1. The maximum Gasteiger partial charge on any atom is 0.269 e. The Morgan fingerprint density at radius 3 is 2.60 bits per heavy atom. The number of benzene rings is 1. The normalized spacial score (nSPS) is 13.5. The predicted octanol–water partition coefficient (Wildman–Crippen LogP) is 4.19. The monoisotopic (exact) mass is 423 g/mol. The van der Waals surface area contributed by atoms with Gasteiger partial charge in [0, 0.05) is 30.5 Å². The van der Waals surface area contributed by atoms with Gasteiger partial charge < -0.3 is 15.5 Å². The lowest BCUT2D eigenvalue weighted by Crippen LogP contribution is -2.19. The van der Waals surface area contributed by atoms with Crippen molar-refractivity contribution in [2.75, 3.05) is 28.6 Å². The van der Waals surface area contributed by atoms with Gasteiger partial charge >= 0.3 is 0 Å². The minimum Gasteiger partial charge on any atom is -0.356 e. The van der Waals surface area contributed by atoms with Crippen molar-refractivity contribution in [1.82, 2.24) is 19.6 Å². The summed E-state index contributed by atoms with van der Waals surface area (Å²) in [5, 5.41) is 10.3. The Hall–Kier alpha value is -3.07. The number of amides is 1.